The molecule has 3 rings (SSSR count). The van der Waals surface area contributed by atoms with Crippen LogP contribution >= 0.6 is 0 Å². The number of rotatable bonds is 2. The quantitative estimate of drug-likeness (QED) is 0.908. The highest BCUT2D eigenvalue weighted by atomic mass is 19.1. The lowest BCUT2D eigenvalue weighted by atomic mass is 9.89. The first-order valence-electron chi connectivity index (χ1n) is 7.73. The van der Waals surface area contributed by atoms with E-state index >= 15 is 0 Å². The van der Waals surface area contributed by atoms with Gasteiger partial charge in [-0.2, -0.15) is 0 Å². The van der Waals surface area contributed by atoms with Crippen LogP contribution in [0.3, 0.4) is 0 Å². The third-order valence-corrected chi connectivity index (χ3v) is 4.78. The van der Waals surface area contributed by atoms with E-state index in [1.165, 1.54) is 12.1 Å². The summed E-state index contributed by atoms with van der Waals surface area (Å²) in [5.41, 5.74) is 7.05. The van der Waals surface area contributed by atoms with Crippen molar-refractivity contribution in [1.29, 1.82) is 0 Å². The molecule has 1 spiro atoms. The van der Waals surface area contributed by atoms with E-state index in [2.05, 4.69) is 21.7 Å². The summed E-state index contributed by atoms with van der Waals surface area (Å²) in [7, 11) is 0. The maximum absolute atomic E-state index is 13.2. The van der Waals surface area contributed by atoms with Gasteiger partial charge in [0.15, 0.2) is 5.96 Å². The maximum Gasteiger partial charge on any atom is 0.196 e. The van der Waals surface area contributed by atoms with E-state index < -0.39 is 0 Å². The lowest BCUT2D eigenvalue weighted by molar-refractivity contribution is 0.292. The summed E-state index contributed by atoms with van der Waals surface area (Å²) >= 11 is 0. The molecule has 0 bridgehead atoms. The Labute approximate surface area is 125 Å². The Bertz CT molecular complexity index is 528. The molecule has 2 aliphatic heterocycles. The first-order valence-corrected chi connectivity index (χ1v) is 7.73. The maximum atomic E-state index is 13.2. The molecule has 4 nitrogen and oxygen atoms in total. The van der Waals surface area contributed by atoms with Gasteiger partial charge in [-0.3, -0.25) is 4.99 Å². The largest absolute Gasteiger partial charge is 0.369 e. The molecule has 0 saturated carbocycles. The second-order valence-electron chi connectivity index (χ2n) is 6.00. The van der Waals surface area contributed by atoms with Crippen molar-refractivity contribution in [2.24, 2.45) is 10.7 Å². The Kier molecular flexibility index (Phi) is 3.85. The van der Waals surface area contributed by atoms with E-state index in [0.717, 1.165) is 51.1 Å². The minimum Gasteiger partial charge on any atom is -0.369 e. The average molecular weight is 290 g/mol. The van der Waals surface area contributed by atoms with Crippen molar-refractivity contribution in [3.63, 3.8) is 0 Å². The predicted octanol–water partition coefficient (Wildman–Crippen LogP) is 2.21. The molecular formula is C16H23FN4. The van der Waals surface area contributed by atoms with Crippen LogP contribution < -0.4 is 10.6 Å². The zero-order valence-corrected chi connectivity index (χ0v) is 12.6. The van der Waals surface area contributed by atoms with Crippen molar-refractivity contribution in [3.8, 4) is 0 Å². The number of halogens is 1. The molecule has 2 heterocycles. The molecule has 1 aromatic carbocycles. The van der Waals surface area contributed by atoms with Gasteiger partial charge in [0.05, 0.1) is 12.1 Å². The molecule has 2 N–H and O–H groups in total. The molecule has 0 radical (unpaired) electrons. The summed E-state index contributed by atoms with van der Waals surface area (Å²) in [6, 6.07) is 6.58. The van der Waals surface area contributed by atoms with Crippen LogP contribution in [0.25, 0.3) is 0 Å². The molecule has 1 atom stereocenters. The van der Waals surface area contributed by atoms with Crippen LogP contribution in [0.4, 0.5) is 10.1 Å². The fourth-order valence-electron chi connectivity index (χ4n) is 3.54. The number of nitrogens with zero attached hydrogens (tertiary/aromatic N) is 3. The number of nitrogens with two attached hydrogens (primary N) is 1. The zero-order valence-electron chi connectivity index (χ0n) is 12.6. The standard InChI is InChI=1S/C16H23FN4/c1-2-20-10-3-8-16(9-11-20)12-19-15(18)21(16)14-6-4-13(17)5-7-14/h4-7H,2-3,8-12H2,1H3,(H2,18,19). The van der Waals surface area contributed by atoms with E-state index in [1.54, 1.807) is 12.1 Å². The molecule has 1 unspecified atom stereocenters. The molecule has 1 aromatic rings. The summed E-state index contributed by atoms with van der Waals surface area (Å²) in [5.74, 6) is 0.340. The number of likely N-dealkylation sites (tertiary alicyclic amines) is 1. The van der Waals surface area contributed by atoms with Gasteiger partial charge in [0, 0.05) is 12.2 Å². The highest BCUT2D eigenvalue weighted by molar-refractivity contribution is 5.98. The number of hydrogen-bond acceptors (Lipinski definition) is 4. The van der Waals surface area contributed by atoms with Crippen molar-refractivity contribution < 1.29 is 4.39 Å². The number of anilines is 1. The van der Waals surface area contributed by atoms with Crippen LogP contribution in [0.15, 0.2) is 29.3 Å². The van der Waals surface area contributed by atoms with Crippen molar-refractivity contribution in [2.75, 3.05) is 31.1 Å². The fourth-order valence-corrected chi connectivity index (χ4v) is 3.54. The van der Waals surface area contributed by atoms with E-state index in [4.69, 9.17) is 5.73 Å². The Morgan fingerprint density at radius 3 is 2.71 bits per heavy atom. The third-order valence-electron chi connectivity index (χ3n) is 4.78. The van der Waals surface area contributed by atoms with Crippen LogP contribution in [0.1, 0.15) is 26.2 Å². The topological polar surface area (TPSA) is 44.9 Å². The fraction of sp³-hybridized carbons (Fsp3) is 0.562. The second kappa shape index (κ2) is 5.64. The van der Waals surface area contributed by atoms with Gasteiger partial charge >= 0.3 is 0 Å². The Morgan fingerprint density at radius 1 is 1.24 bits per heavy atom. The molecule has 5 heteroatoms. The van der Waals surface area contributed by atoms with E-state index in [1.807, 2.05) is 0 Å². The smallest absolute Gasteiger partial charge is 0.196 e. The van der Waals surface area contributed by atoms with Crippen molar-refractivity contribution in [3.05, 3.63) is 30.1 Å². The molecule has 2 aliphatic rings. The van der Waals surface area contributed by atoms with Gasteiger partial charge in [-0.05, 0) is 56.6 Å². The first-order chi connectivity index (χ1) is 10.1. The molecule has 0 aromatic heterocycles. The Hall–Kier alpha value is -1.62. The van der Waals surface area contributed by atoms with Crippen molar-refractivity contribution in [2.45, 2.75) is 31.7 Å². The van der Waals surface area contributed by atoms with E-state index in [9.17, 15) is 4.39 Å². The summed E-state index contributed by atoms with van der Waals surface area (Å²) < 4.78 is 13.2. The summed E-state index contributed by atoms with van der Waals surface area (Å²) in [6.07, 6.45) is 3.27. The third kappa shape index (κ3) is 2.62. The normalized spacial score (nSPS) is 27.0. The number of aliphatic imine (C=N–C) groups is 1. The molecule has 1 fully saturated rings. The first kappa shape index (κ1) is 14.3. The zero-order chi connectivity index (χ0) is 14.9. The minimum absolute atomic E-state index is 0.0359. The average Bonchev–Trinajstić information content (AvgIpc) is 2.69. The lowest BCUT2D eigenvalue weighted by Crippen LogP contribution is -2.52. The molecule has 21 heavy (non-hydrogen) atoms. The highest BCUT2D eigenvalue weighted by Crippen LogP contribution is 2.36. The van der Waals surface area contributed by atoms with Gasteiger partial charge in [-0.1, -0.05) is 6.92 Å². The van der Waals surface area contributed by atoms with Crippen molar-refractivity contribution in [1.82, 2.24) is 4.90 Å². The van der Waals surface area contributed by atoms with Gasteiger partial charge in [0.25, 0.3) is 0 Å². The van der Waals surface area contributed by atoms with E-state index in [-0.39, 0.29) is 11.4 Å². The Morgan fingerprint density at radius 2 is 2.00 bits per heavy atom. The van der Waals surface area contributed by atoms with Crippen molar-refractivity contribution >= 4 is 11.6 Å². The number of guanidine groups is 1. The van der Waals surface area contributed by atoms with Gasteiger partial charge in [-0.25, -0.2) is 4.39 Å². The summed E-state index contributed by atoms with van der Waals surface area (Å²) in [6.45, 7) is 6.23. The molecule has 0 amide bonds. The van der Waals surface area contributed by atoms with Gasteiger partial charge in [0.2, 0.25) is 0 Å². The van der Waals surface area contributed by atoms with Gasteiger partial charge < -0.3 is 15.5 Å². The summed E-state index contributed by atoms with van der Waals surface area (Å²) in [4.78, 5) is 9.10. The molecular weight excluding hydrogens is 267 g/mol. The van der Waals surface area contributed by atoms with Gasteiger partial charge in [-0.15, -0.1) is 0 Å². The van der Waals surface area contributed by atoms with E-state index in [0.29, 0.717) is 5.96 Å². The molecule has 114 valence electrons. The lowest BCUT2D eigenvalue weighted by Gasteiger charge is -2.38. The highest BCUT2D eigenvalue weighted by Gasteiger charge is 2.43. The molecule has 0 aliphatic carbocycles. The number of benzene rings is 1. The number of hydrogen-bond donors (Lipinski definition) is 1. The monoisotopic (exact) mass is 290 g/mol. The molecule has 1 saturated heterocycles. The van der Waals surface area contributed by atoms with Crippen LogP contribution in [0, 0.1) is 5.82 Å². The SMILES string of the molecule is CCN1CCCC2(CC1)CN=C(N)N2c1ccc(F)cc1. The Balaban J connectivity index is 1.89. The second-order valence-corrected chi connectivity index (χ2v) is 6.00. The predicted molar refractivity (Wildman–Crippen MR) is 84.1 cm³/mol. The van der Waals surface area contributed by atoms with Gasteiger partial charge in [0.1, 0.15) is 5.82 Å². The van der Waals surface area contributed by atoms with Crippen LogP contribution in [0.5, 0.6) is 0 Å². The van der Waals surface area contributed by atoms with Crippen LogP contribution in [-0.2, 0) is 0 Å². The summed E-state index contributed by atoms with van der Waals surface area (Å²) in [5, 5.41) is 0. The van der Waals surface area contributed by atoms with Crippen LogP contribution in [-0.4, -0.2) is 42.6 Å². The van der Waals surface area contributed by atoms with Crippen LogP contribution in [0.2, 0.25) is 0 Å². The minimum atomic E-state index is -0.222.